The molecule has 2 heteroatoms. The van der Waals surface area contributed by atoms with E-state index in [9.17, 15) is 5.11 Å². The summed E-state index contributed by atoms with van der Waals surface area (Å²) >= 11 is 0. The van der Waals surface area contributed by atoms with E-state index in [2.05, 4.69) is 12.2 Å². The van der Waals surface area contributed by atoms with Gasteiger partial charge in [0.2, 0.25) is 0 Å². The van der Waals surface area contributed by atoms with Crippen molar-refractivity contribution in [1.29, 1.82) is 0 Å². The molecule has 2 aliphatic carbocycles. The fraction of sp³-hybridized carbons (Fsp3) is 1.00. The Kier molecular flexibility index (Phi) is 4.66. The van der Waals surface area contributed by atoms with Crippen molar-refractivity contribution in [2.45, 2.75) is 70.4 Å². The number of hydrogen-bond donors (Lipinski definition) is 2. The summed E-state index contributed by atoms with van der Waals surface area (Å²) in [6.07, 6.45) is 10.3. The highest BCUT2D eigenvalue weighted by molar-refractivity contribution is 4.83. The lowest BCUT2D eigenvalue weighted by molar-refractivity contribution is 0.147. The molecular weight excluding hydrogens is 198 g/mol. The maximum atomic E-state index is 9.71. The predicted octanol–water partition coefficient (Wildman–Crippen LogP) is 2.71. The van der Waals surface area contributed by atoms with Crippen LogP contribution >= 0.6 is 0 Å². The van der Waals surface area contributed by atoms with Gasteiger partial charge in [-0.25, -0.2) is 0 Å². The van der Waals surface area contributed by atoms with Gasteiger partial charge in [-0.15, -0.1) is 0 Å². The monoisotopic (exact) mass is 225 g/mol. The first kappa shape index (κ1) is 12.4. The van der Waals surface area contributed by atoms with Crippen LogP contribution in [0.15, 0.2) is 0 Å². The molecule has 0 aromatic carbocycles. The van der Waals surface area contributed by atoms with Crippen LogP contribution in [0, 0.1) is 11.8 Å². The van der Waals surface area contributed by atoms with Crippen molar-refractivity contribution in [3.8, 4) is 0 Å². The summed E-state index contributed by atoms with van der Waals surface area (Å²) in [7, 11) is 0. The van der Waals surface area contributed by atoms with Crippen LogP contribution < -0.4 is 5.32 Å². The maximum absolute atomic E-state index is 9.71. The summed E-state index contributed by atoms with van der Waals surface area (Å²) in [6.45, 7) is 3.50. The second kappa shape index (κ2) is 6.02. The minimum atomic E-state index is -0.0784. The van der Waals surface area contributed by atoms with Crippen molar-refractivity contribution in [1.82, 2.24) is 5.32 Å². The SMILES string of the molecule is CC1CCCC(CCN[C@@H]2CCC[C@H]2O)C1. The van der Waals surface area contributed by atoms with Crippen LogP contribution in [0.25, 0.3) is 0 Å². The molecule has 2 aliphatic rings. The topological polar surface area (TPSA) is 32.3 Å². The van der Waals surface area contributed by atoms with Crippen molar-refractivity contribution < 1.29 is 5.11 Å². The normalized spacial score (nSPS) is 40.1. The van der Waals surface area contributed by atoms with Gasteiger partial charge in [0.25, 0.3) is 0 Å². The van der Waals surface area contributed by atoms with Crippen LogP contribution in [0.2, 0.25) is 0 Å². The Bertz CT molecular complexity index is 207. The largest absolute Gasteiger partial charge is 0.392 e. The average Bonchev–Trinajstić information content (AvgIpc) is 2.65. The predicted molar refractivity (Wildman–Crippen MR) is 67.4 cm³/mol. The number of nitrogens with one attached hydrogen (secondary N) is 1. The van der Waals surface area contributed by atoms with Crippen molar-refractivity contribution in [3.05, 3.63) is 0 Å². The molecule has 0 aromatic heterocycles. The molecule has 0 aliphatic heterocycles. The molecule has 2 saturated carbocycles. The standard InChI is InChI=1S/C14H27NO/c1-11-4-2-5-12(10-11)8-9-15-13-6-3-7-14(13)16/h11-16H,2-10H2,1H3/t11?,12?,13-,14-/m1/s1. The Hall–Kier alpha value is -0.0800. The molecule has 94 valence electrons. The molecule has 2 N–H and O–H groups in total. The summed E-state index contributed by atoms with van der Waals surface area (Å²) in [5.41, 5.74) is 0. The molecule has 0 radical (unpaired) electrons. The number of hydrogen-bond acceptors (Lipinski definition) is 2. The summed E-state index contributed by atoms with van der Waals surface area (Å²) in [5, 5.41) is 13.2. The average molecular weight is 225 g/mol. The van der Waals surface area contributed by atoms with E-state index < -0.39 is 0 Å². The molecule has 2 unspecified atom stereocenters. The summed E-state index contributed by atoms with van der Waals surface area (Å²) < 4.78 is 0. The van der Waals surface area contributed by atoms with E-state index in [4.69, 9.17) is 0 Å². The van der Waals surface area contributed by atoms with E-state index in [1.165, 1.54) is 44.9 Å². The van der Waals surface area contributed by atoms with Crippen molar-refractivity contribution in [3.63, 3.8) is 0 Å². The van der Waals surface area contributed by atoms with Gasteiger partial charge >= 0.3 is 0 Å². The Balaban J connectivity index is 1.60. The van der Waals surface area contributed by atoms with Crippen molar-refractivity contribution in [2.24, 2.45) is 11.8 Å². The Morgan fingerprint density at radius 2 is 1.94 bits per heavy atom. The molecule has 0 heterocycles. The van der Waals surface area contributed by atoms with Crippen LogP contribution in [0.3, 0.4) is 0 Å². The van der Waals surface area contributed by atoms with Gasteiger partial charge in [0.05, 0.1) is 6.10 Å². The summed E-state index contributed by atoms with van der Waals surface area (Å²) in [5.74, 6) is 1.88. The number of rotatable bonds is 4. The van der Waals surface area contributed by atoms with Gasteiger partial charge in [0.15, 0.2) is 0 Å². The smallest absolute Gasteiger partial charge is 0.0693 e. The fourth-order valence-electron chi connectivity index (χ4n) is 3.47. The molecular formula is C14H27NO. The van der Waals surface area contributed by atoms with Crippen LogP contribution in [-0.2, 0) is 0 Å². The second-order valence-electron chi connectivity index (χ2n) is 5.99. The molecule has 16 heavy (non-hydrogen) atoms. The quantitative estimate of drug-likeness (QED) is 0.771. The van der Waals surface area contributed by atoms with Crippen molar-refractivity contribution in [2.75, 3.05) is 6.54 Å². The van der Waals surface area contributed by atoms with Crippen molar-refractivity contribution >= 4 is 0 Å². The van der Waals surface area contributed by atoms with Crippen LogP contribution in [0.1, 0.15) is 58.3 Å². The molecule has 0 bridgehead atoms. The highest BCUT2D eigenvalue weighted by Crippen LogP contribution is 2.30. The van der Waals surface area contributed by atoms with Gasteiger partial charge in [-0.1, -0.05) is 26.2 Å². The zero-order valence-corrected chi connectivity index (χ0v) is 10.6. The molecule has 2 rings (SSSR count). The molecule has 0 saturated heterocycles. The minimum Gasteiger partial charge on any atom is -0.392 e. The lowest BCUT2D eigenvalue weighted by atomic mass is 9.81. The van der Waals surface area contributed by atoms with Gasteiger partial charge in [-0.05, 0) is 50.5 Å². The van der Waals surface area contributed by atoms with E-state index in [1.807, 2.05) is 0 Å². The highest BCUT2D eigenvalue weighted by Gasteiger charge is 2.25. The van der Waals surface area contributed by atoms with Crippen LogP contribution in [-0.4, -0.2) is 23.8 Å². The lowest BCUT2D eigenvalue weighted by Gasteiger charge is -2.27. The zero-order valence-electron chi connectivity index (χ0n) is 10.6. The van der Waals surface area contributed by atoms with Crippen LogP contribution in [0.4, 0.5) is 0 Å². The van der Waals surface area contributed by atoms with Gasteiger partial charge in [-0.2, -0.15) is 0 Å². The second-order valence-corrected chi connectivity index (χ2v) is 5.99. The Morgan fingerprint density at radius 1 is 1.12 bits per heavy atom. The number of aliphatic hydroxyl groups excluding tert-OH is 1. The fourth-order valence-corrected chi connectivity index (χ4v) is 3.47. The van der Waals surface area contributed by atoms with Gasteiger partial charge < -0.3 is 10.4 Å². The van der Waals surface area contributed by atoms with Gasteiger partial charge in [-0.3, -0.25) is 0 Å². The first-order chi connectivity index (χ1) is 7.75. The Labute approximate surface area is 99.8 Å². The molecule has 2 nitrogen and oxygen atoms in total. The first-order valence-corrected chi connectivity index (χ1v) is 7.17. The summed E-state index contributed by atoms with van der Waals surface area (Å²) in [4.78, 5) is 0. The number of aliphatic hydroxyl groups is 1. The first-order valence-electron chi connectivity index (χ1n) is 7.17. The summed E-state index contributed by atoms with van der Waals surface area (Å²) in [6, 6.07) is 0.390. The molecule has 2 fully saturated rings. The van der Waals surface area contributed by atoms with E-state index in [0.29, 0.717) is 6.04 Å². The third-order valence-corrected chi connectivity index (χ3v) is 4.48. The van der Waals surface area contributed by atoms with E-state index >= 15 is 0 Å². The molecule has 0 aromatic rings. The lowest BCUT2D eigenvalue weighted by Crippen LogP contribution is -2.37. The van der Waals surface area contributed by atoms with E-state index in [-0.39, 0.29) is 6.10 Å². The highest BCUT2D eigenvalue weighted by atomic mass is 16.3. The maximum Gasteiger partial charge on any atom is 0.0693 e. The third-order valence-electron chi connectivity index (χ3n) is 4.48. The van der Waals surface area contributed by atoms with Gasteiger partial charge in [0, 0.05) is 6.04 Å². The van der Waals surface area contributed by atoms with E-state index in [0.717, 1.165) is 24.8 Å². The molecule has 0 spiro atoms. The molecule has 0 amide bonds. The van der Waals surface area contributed by atoms with Crippen LogP contribution in [0.5, 0.6) is 0 Å². The molecule has 4 atom stereocenters. The van der Waals surface area contributed by atoms with E-state index in [1.54, 1.807) is 0 Å². The van der Waals surface area contributed by atoms with Gasteiger partial charge in [0.1, 0.15) is 0 Å². The zero-order chi connectivity index (χ0) is 11.4. The third kappa shape index (κ3) is 3.46. The minimum absolute atomic E-state index is 0.0784. The Morgan fingerprint density at radius 3 is 2.62 bits per heavy atom.